The molecule has 0 aromatic heterocycles. The molecule has 0 radical (unpaired) electrons. The maximum atomic E-state index is 12.2. The van der Waals surface area contributed by atoms with E-state index in [0.717, 1.165) is 0 Å². The van der Waals surface area contributed by atoms with Crippen molar-refractivity contribution in [2.24, 2.45) is 11.8 Å². The maximum Gasteiger partial charge on any atom is 0.245 e. The Bertz CT molecular complexity index is 389. The van der Waals surface area contributed by atoms with Crippen LogP contribution in [-0.2, 0) is 14.4 Å². The number of rotatable bonds is 3. The van der Waals surface area contributed by atoms with Crippen LogP contribution in [0.2, 0.25) is 0 Å². The van der Waals surface area contributed by atoms with Crippen LogP contribution in [0, 0.1) is 11.8 Å². The van der Waals surface area contributed by atoms with Crippen molar-refractivity contribution in [3.05, 3.63) is 0 Å². The van der Waals surface area contributed by atoms with Gasteiger partial charge < -0.3 is 21.1 Å². The Morgan fingerprint density at radius 1 is 0.850 bits per heavy atom. The first kappa shape index (κ1) is 16.4. The van der Waals surface area contributed by atoms with Crippen molar-refractivity contribution in [2.45, 2.75) is 45.8 Å². The number of carbonyl (C=O) groups excluding carboxylic acids is 3. The van der Waals surface area contributed by atoms with E-state index < -0.39 is 36.5 Å². The molecule has 3 amide bonds. The van der Waals surface area contributed by atoms with Gasteiger partial charge in [-0.2, -0.15) is 0 Å². The average Bonchev–Trinajstić information content (AvgIpc) is 2.40. The predicted molar refractivity (Wildman–Crippen MR) is 72.6 cm³/mol. The van der Waals surface area contributed by atoms with Crippen LogP contribution in [0.5, 0.6) is 0 Å². The zero-order valence-electron chi connectivity index (χ0n) is 12.3. The molecule has 0 saturated carbocycles. The number of hydrogen-bond acceptors (Lipinski definition) is 4. The fourth-order valence-electron chi connectivity index (χ4n) is 2.02. The lowest BCUT2D eigenvalue weighted by molar-refractivity contribution is -0.131. The van der Waals surface area contributed by atoms with Gasteiger partial charge in [0, 0.05) is 0 Å². The number of aliphatic hydroxyl groups is 1. The van der Waals surface area contributed by atoms with Crippen molar-refractivity contribution in [1.29, 1.82) is 0 Å². The SMILES string of the molecule is CC(C)C1NC(=O)C(CO)NC(=O)[C@H](C(C)C)NC1=O. The number of aliphatic hydroxyl groups excluding tert-OH is 1. The van der Waals surface area contributed by atoms with E-state index in [1.807, 2.05) is 0 Å². The summed E-state index contributed by atoms with van der Waals surface area (Å²) in [5, 5.41) is 16.9. The molecule has 1 aliphatic rings. The van der Waals surface area contributed by atoms with Crippen molar-refractivity contribution in [2.75, 3.05) is 6.61 Å². The Morgan fingerprint density at radius 2 is 1.25 bits per heavy atom. The van der Waals surface area contributed by atoms with Gasteiger partial charge in [-0.05, 0) is 11.8 Å². The van der Waals surface area contributed by atoms with Crippen LogP contribution < -0.4 is 16.0 Å². The van der Waals surface area contributed by atoms with Gasteiger partial charge in [0.25, 0.3) is 0 Å². The molecule has 0 spiro atoms. The van der Waals surface area contributed by atoms with Crippen LogP contribution in [0.25, 0.3) is 0 Å². The first-order valence-electron chi connectivity index (χ1n) is 6.79. The number of nitrogens with one attached hydrogen (secondary N) is 3. The molecule has 20 heavy (non-hydrogen) atoms. The molecule has 4 N–H and O–H groups in total. The first-order chi connectivity index (χ1) is 9.27. The van der Waals surface area contributed by atoms with Gasteiger partial charge in [0.05, 0.1) is 6.61 Å². The van der Waals surface area contributed by atoms with Gasteiger partial charge in [0.15, 0.2) is 0 Å². The molecule has 3 atom stereocenters. The minimum absolute atomic E-state index is 0.126. The standard InChI is InChI=1S/C13H23N3O4/c1-6(2)9-12(19)14-8(5-17)11(18)15-10(7(3)4)13(20)16-9/h6-10,17H,5H2,1-4H3,(H,14,19)(H,15,18)(H,16,20)/t8?,9-,10?/m0/s1. The molecule has 114 valence electrons. The zero-order valence-corrected chi connectivity index (χ0v) is 12.3. The number of amides is 3. The highest BCUT2D eigenvalue weighted by Crippen LogP contribution is 2.09. The van der Waals surface area contributed by atoms with Gasteiger partial charge in [0.1, 0.15) is 18.1 Å². The average molecular weight is 285 g/mol. The third kappa shape index (κ3) is 3.69. The minimum Gasteiger partial charge on any atom is -0.394 e. The zero-order chi connectivity index (χ0) is 15.4. The summed E-state index contributed by atoms with van der Waals surface area (Å²) in [5.74, 6) is -1.66. The van der Waals surface area contributed by atoms with E-state index in [4.69, 9.17) is 0 Å². The quantitative estimate of drug-likeness (QED) is 0.520. The largest absolute Gasteiger partial charge is 0.394 e. The van der Waals surface area contributed by atoms with Crippen molar-refractivity contribution < 1.29 is 19.5 Å². The van der Waals surface area contributed by atoms with E-state index in [2.05, 4.69) is 16.0 Å². The van der Waals surface area contributed by atoms with Crippen molar-refractivity contribution in [1.82, 2.24) is 16.0 Å². The van der Waals surface area contributed by atoms with Crippen molar-refractivity contribution >= 4 is 17.7 Å². The lowest BCUT2D eigenvalue weighted by Gasteiger charge is -2.24. The summed E-state index contributed by atoms with van der Waals surface area (Å²) in [6, 6.07) is -2.51. The van der Waals surface area contributed by atoms with Crippen molar-refractivity contribution in [3.63, 3.8) is 0 Å². The summed E-state index contributed by atoms with van der Waals surface area (Å²) < 4.78 is 0. The maximum absolute atomic E-state index is 12.2. The van der Waals surface area contributed by atoms with Crippen LogP contribution in [0.15, 0.2) is 0 Å². The predicted octanol–water partition coefficient (Wildman–Crippen LogP) is -1.24. The van der Waals surface area contributed by atoms with Crippen LogP contribution in [-0.4, -0.2) is 47.6 Å². The van der Waals surface area contributed by atoms with Crippen LogP contribution in [0.1, 0.15) is 27.7 Å². The van der Waals surface area contributed by atoms with Crippen LogP contribution in [0.4, 0.5) is 0 Å². The van der Waals surface area contributed by atoms with Crippen LogP contribution >= 0.6 is 0 Å². The molecule has 0 aromatic rings. The van der Waals surface area contributed by atoms with E-state index in [1.165, 1.54) is 0 Å². The molecule has 1 heterocycles. The second-order valence-electron chi connectivity index (χ2n) is 5.70. The molecule has 1 aliphatic heterocycles. The molecule has 2 unspecified atom stereocenters. The highest BCUT2D eigenvalue weighted by Gasteiger charge is 2.35. The Hall–Kier alpha value is -1.63. The fraction of sp³-hybridized carbons (Fsp3) is 0.769. The molecule has 0 aromatic carbocycles. The van der Waals surface area contributed by atoms with E-state index >= 15 is 0 Å². The highest BCUT2D eigenvalue weighted by molar-refractivity contribution is 5.97. The smallest absolute Gasteiger partial charge is 0.245 e. The highest BCUT2D eigenvalue weighted by atomic mass is 16.3. The molecular formula is C13H23N3O4. The molecule has 7 heteroatoms. The van der Waals surface area contributed by atoms with Gasteiger partial charge in [-0.15, -0.1) is 0 Å². The van der Waals surface area contributed by atoms with Gasteiger partial charge in [-0.1, -0.05) is 27.7 Å². The van der Waals surface area contributed by atoms with E-state index in [9.17, 15) is 19.5 Å². The Morgan fingerprint density at radius 3 is 1.65 bits per heavy atom. The fourth-order valence-corrected chi connectivity index (χ4v) is 2.02. The van der Waals surface area contributed by atoms with E-state index in [0.29, 0.717) is 0 Å². The summed E-state index contributed by atoms with van der Waals surface area (Å²) in [6.45, 7) is 6.69. The first-order valence-corrected chi connectivity index (χ1v) is 6.79. The van der Waals surface area contributed by atoms with Crippen molar-refractivity contribution in [3.8, 4) is 0 Å². The van der Waals surface area contributed by atoms with Gasteiger partial charge in [-0.25, -0.2) is 0 Å². The second kappa shape index (κ2) is 6.69. The monoisotopic (exact) mass is 285 g/mol. The lowest BCUT2D eigenvalue weighted by Crippen LogP contribution is -2.54. The number of hydrogen-bond donors (Lipinski definition) is 4. The molecule has 0 aliphatic carbocycles. The summed E-state index contributed by atoms with van der Waals surface area (Å²) in [4.78, 5) is 36.2. The molecular weight excluding hydrogens is 262 g/mol. The molecule has 1 fully saturated rings. The lowest BCUT2D eigenvalue weighted by atomic mass is 10.00. The third-order valence-electron chi connectivity index (χ3n) is 3.31. The molecule has 1 saturated heterocycles. The summed E-state index contributed by atoms with van der Waals surface area (Å²) in [6.07, 6.45) is 0. The minimum atomic E-state index is -1.04. The topological polar surface area (TPSA) is 108 Å². The van der Waals surface area contributed by atoms with E-state index in [-0.39, 0.29) is 17.7 Å². The van der Waals surface area contributed by atoms with Gasteiger partial charge >= 0.3 is 0 Å². The summed E-state index contributed by atoms with van der Waals surface area (Å²) >= 11 is 0. The van der Waals surface area contributed by atoms with Crippen LogP contribution in [0.3, 0.4) is 0 Å². The molecule has 1 rings (SSSR count). The Balaban J connectivity index is 3.09. The van der Waals surface area contributed by atoms with Gasteiger partial charge in [0.2, 0.25) is 17.7 Å². The Labute approximate surface area is 118 Å². The second-order valence-corrected chi connectivity index (χ2v) is 5.70. The van der Waals surface area contributed by atoms with Gasteiger partial charge in [-0.3, -0.25) is 14.4 Å². The molecule has 0 bridgehead atoms. The van der Waals surface area contributed by atoms with E-state index in [1.54, 1.807) is 27.7 Å². The summed E-state index contributed by atoms with van der Waals surface area (Å²) in [5.41, 5.74) is 0. The number of carbonyl (C=O) groups is 3. The summed E-state index contributed by atoms with van der Waals surface area (Å²) in [7, 11) is 0. The normalized spacial score (nSPS) is 28.4. The Kier molecular flexibility index (Phi) is 5.50. The molecule has 7 nitrogen and oxygen atoms in total. The third-order valence-corrected chi connectivity index (χ3v) is 3.31.